The van der Waals surface area contributed by atoms with E-state index in [0.717, 1.165) is 17.7 Å². The molecule has 0 fully saturated rings. The predicted octanol–water partition coefficient (Wildman–Crippen LogP) is 4.32. The highest BCUT2D eigenvalue weighted by molar-refractivity contribution is 6.10. The molecule has 198 valence electrons. The van der Waals surface area contributed by atoms with Crippen molar-refractivity contribution in [3.05, 3.63) is 90.2 Å². The fraction of sp³-hybridized carbons (Fsp3) is 0.125. The van der Waals surface area contributed by atoms with Gasteiger partial charge in [0, 0.05) is 12.6 Å². The third-order valence-corrected chi connectivity index (χ3v) is 4.94. The Kier molecular flexibility index (Phi) is 7.11. The number of halogens is 3. The first-order valence-corrected chi connectivity index (χ1v) is 11.1. The quantitative estimate of drug-likeness (QED) is 0.197. The molecule has 0 saturated carbocycles. The van der Waals surface area contributed by atoms with Gasteiger partial charge >= 0.3 is 6.36 Å². The number of hydrogen-bond acceptors (Lipinski definition) is 11. The molecule has 0 aliphatic carbocycles. The maximum Gasteiger partial charge on any atom is 0.573 e. The Hall–Kier alpha value is -5.34. The van der Waals surface area contributed by atoms with Crippen LogP contribution in [0, 0.1) is 0 Å². The zero-order valence-electron chi connectivity index (χ0n) is 20.0. The highest BCUT2D eigenvalue weighted by atomic mass is 19.4. The van der Waals surface area contributed by atoms with Crippen molar-refractivity contribution in [2.24, 2.45) is 12.2 Å². The van der Waals surface area contributed by atoms with Gasteiger partial charge in [0.25, 0.3) is 11.8 Å². The lowest BCUT2D eigenvalue weighted by molar-refractivity contribution is -0.274. The highest BCUT2D eigenvalue weighted by Gasteiger charge is 2.31. The molecule has 15 heteroatoms. The van der Waals surface area contributed by atoms with Crippen molar-refractivity contribution in [2.75, 3.05) is 0 Å². The highest BCUT2D eigenvalue weighted by Crippen LogP contribution is 2.28. The average Bonchev–Trinajstić information content (AvgIpc) is 3.57. The van der Waals surface area contributed by atoms with Crippen LogP contribution in [0.15, 0.2) is 82.5 Å². The van der Waals surface area contributed by atoms with Gasteiger partial charge in [-0.1, -0.05) is 35.5 Å². The molecule has 0 unspecified atom stereocenters. The second-order valence-electron chi connectivity index (χ2n) is 7.71. The van der Waals surface area contributed by atoms with Crippen molar-refractivity contribution in [2.45, 2.75) is 13.0 Å². The summed E-state index contributed by atoms with van der Waals surface area (Å²) in [6.45, 7) is -0.121. The number of oxime groups is 1. The number of ether oxygens (including phenoxy) is 2. The van der Waals surface area contributed by atoms with Crippen LogP contribution in [0.4, 0.5) is 13.2 Å². The molecule has 3 aromatic heterocycles. The molecule has 0 saturated heterocycles. The monoisotopic (exact) mass is 538 g/mol. The topological polar surface area (TPSA) is 135 Å². The minimum Gasteiger partial charge on any atom is -0.456 e. The molecule has 0 aliphatic rings. The minimum absolute atomic E-state index is 0.121. The lowest BCUT2D eigenvalue weighted by Crippen LogP contribution is -2.16. The van der Waals surface area contributed by atoms with Crippen molar-refractivity contribution in [3.63, 3.8) is 0 Å². The second-order valence-corrected chi connectivity index (χ2v) is 7.71. The number of hydrogen-bond donors (Lipinski definition) is 0. The van der Waals surface area contributed by atoms with Gasteiger partial charge in [-0.05, 0) is 46.8 Å². The zero-order valence-corrected chi connectivity index (χ0v) is 20.0. The standard InChI is InChI=1S/C24H17F3N8O4/c1-35-22(30-33-34-35)21(15-5-3-2-4-6-15)32-36-14-20-29-31-23(38-20)19-12-11-18(13-28-19)37-16-7-9-17(10-8-16)39-24(25,26)27/h2-13H,14H2,1H3/b32-21-. The number of tetrazole rings is 1. The minimum atomic E-state index is -4.77. The van der Waals surface area contributed by atoms with Crippen molar-refractivity contribution in [1.82, 2.24) is 35.4 Å². The number of aryl methyl sites for hydroxylation is 1. The molecule has 0 radical (unpaired) electrons. The third-order valence-electron chi connectivity index (χ3n) is 4.94. The summed E-state index contributed by atoms with van der Waals surface area (Å²) in [6, 6.07) is 17.4. The van der Waals surface area contributed by atoms with Crippen molar-refractivity contribution in [3.8, 4) is 28.8 Å². The van der Waals surface area contributed by atoms with E-state index in [1.807, 2.05) is 30.3 Å². The number of benzene rings is 2. The van der Waals surface area contributed by atoms with E-state index in [1.165, 1.54) is 23.0 Å². The van der Waals surface area contributed by atoms with E-state index in [1.54, 1.807) is 19.2 Å². The SMILES string of the molecule is Cn1nnnc1/C(=N\OCc1nnc(-c2ccc(Oc3ccc(OC(F)(F)F)cc3)cn2)o1)c1ccccc1. The fourth-order valence-electron chi connectivity index (χ4n) is 3.23. The molecule has 3 heterocycles. The molecule has 39 heavy (non-hydrogen) atoms. The van der Waals surface area contributed by atoms with Gasteiger partial charge in [0.2, 0.25) is 5.82 Å². The van der Waals surface area contributed by atoms with E-state index in [4.69, 9.17) is 14.0 Å². The van der Waals surface area contributed by atoms with Crippen molar-refractivity contribution < 1.29 is 31.9 Å². The van der Waals surface area contributed by atoms with Gasteiger partial charge in [0.1, 0.15) is 22.9 Å². The smallest absolute Gasteiger partial charge is 0.456 e. The normalized spacial score (nSPS) is 11.8. The molecule has 2 aromatic carbocycles. The summed E-state index contributed by atoms with van der Waals surface area (Å²) in [7, 11) is 1.69. The molecular formula is C24H17F3N8O4. The number of rotatable bonds is 9. The summed E-state index contributed by atoms with van der Waals surface area (Å²) >= 11 is 0. The molecule has 5 aromatic rings. The first-order chi connectivity index (χ1) is 18.8. The van der Waals surface area contributed by atoms with Gasteiger partial charge in [-0.2, -0.15) is 0 Å². The Bertz CT molecular complexity index is 1550. The molecule has 0 bridgehead atoms. The van der Waals surface area contributed by atoms with Crippen LogP contribution in [-0.4, -0.2) is 47.5 Å². The van der Waals surface area contributed by atoms with Crippen LogP contribution in [0.5, 0.6) is 17.2 Å². The van der Waals surface area contributed by atoms with Crippen molar-refractivity contribution >= 4 is 5.71 Å². The van der Waals surface area contributed by atoms with Gasteiger partial charge in [0.15, 0.2) is 12.3 Å². The molecule has 12 nitrogen and oxygen atoms in total. The molecule has 0 spiro atoms. The van der Waals surface area contributed by atoms with E-state index < -0.39 is 6.36 Å². The van der Waals surface area contributed by atoms with Crippen LogP contribution in [0.25, 0.3) is 11.6 Å². The average molecular weight is 538 g/mol. The Morgan fingerprint density at radius 2 is 1.67 bits per heavy atom. The number of aromatic nitrogens is 7. The lowest BCUT2D eigenvalue weighted by Gasteiger charge is -2.10. The summed E-state index contributed by atoms with van der Waals surface area (Å²) < 4.78 is 53.4. The number of nitrogens with zero attached hydrogens (tertiary/aromatic N) is 8. The van der Waals surface area contributed by atoms with E-state index >= 15 is 0 Å². The number of pyridine rings is 1. The van der Waals surface area contributed by atoms with Crippen LogP contribution in [0.2, 0.25) is 0 Å². The Morgan fingerprint density at radius 3 is 2.33 bits per heavy atom. The van der Waals surface area contributed by atoms with Gasteiger partial charge in [-0.15, -0.1) is 28.5 Å². The van der Waals surface area contributed by atoms with E-state index in [-0.39, 0.29) is 24.1 Å². The molecule has 5 rings (SSSR count). The maximum atomic E-state index is 12.3. The van der Waals surface area contributed by atoms with Crippen LogP contribution >= 0.6 is 0 Å². The molecule has 0 amide bonds. The van der Waals surface area contributed by atoms with E-state index in [0.29, 0.717) is 28.7 Å². The van der Waals surface area contributed by atoms with Crippen LogP contribution in [0.3, 0.4) is 0 Å². The van der Waals surface area contributed by atoms with Gasteiger partial charge in [-0.3, -0.25) is 0 Å². The van der Waals surface area contributed by atoms with Gasteiger partial charge in [0.05, 0.1) is 6.20 Å². The van der Waals surface area contributed by atoms with Crippen LogP contribution in [-0.2, 0) is 18.5 Å². The summed E-state index contributed by atoms with van der Waals surface area (Å²) in [5.74, 6) is 0.979. The Balaban J connectivity index is 1.21. The summed E-state index contributed by atoms with van der Waals surface area (Å²) in [6.07, 6.45) is -3.36. The zero-order chi connectivity index (χ0) is 27.2. The molecule has 0 N–H and O–H groups in total. The first kappa shape index (κ1) is 25.3. The Labute approximate surface area is 217 Å². The second kappa shape index (κ2) is 11.0. The first-order valence-electron chi connectivity index (χ1n) is 11.1. The van der Waals surface area contributed by atoms with Gasteiger partial charge in [-0.25, -0.2) is 9.67 Å². The largest absolute Gasteiger partial charge is 0.573 e. The Morgan fingerprint density at radius 1 is 0.923 bits per heavy atom. The predicted molar refractivity (Wildman–Crippen MR) is 126 cm³/mol. The van der Waals surface area contributed by atoms with E-state index in [9.17, 15) is 13.2 Å². The molecule has 0 aliphatic heterocycles. The summed E-state index contributed by atoms with van der Waals surface area (Å²) in [5, 5.41) is 23.6. The summed E-state index contributed by atoms with van der Waals surface area (Å²) in [5.41, 5.74) is 1.54. The molecular weight excluding hydrogens is 521 g/mol. The van der Waals surface area contributed by atoms with E-state index in [2.05, 4.69) is 40.6 Å². The summed E-state index contributed by atoms with van der Waals surface area (Å²) in [4.78, 5) is 9.68. The maximum absolute atomic E-state index is 12.3. The number of alkyl halides is 3. The van der Waals surface area contributed by atoms with Crippen molar-refractivity contribution in [1.29, 1.82) is 0 Å². The molecule has 0 atom stereocenters. The van der Waals surface area contributed by atoms with Crippen LogP contribution < -0.4 is 9.47 Å². The third kappa shape index (κ3) is 6.51. The fourth-order valence-corrected chi connectivity index (χ4v) is 3.23. The van der Waals surface area contributed by atoms with Gasteiger partial charge < -0.3 is 18.7 Å². The lowest BCUT2D eigenvalue weighted by atomic mass is 10.1. The van der Waals surface area contributed by atoms with Crippen LogP contribution in [0.1, 0.15) is 17.3 Å².